The van der Waals surface area contributed by atoms with E-state index >= 15 is 0 Å². The summed E-state index contributed by atoms with van der Waals surface area (Å²) in [5.41, 5.74) is 1.76. The molecule has 0 radical (unpaired) electrons. The van der Waals surface area contributed by atoms with Crippen LogP contribution in [-0.2, 0) is 26.0 Å². The molecule has 0 bridgehead atoms. The highest BCUT2D eigenvalue weighted by Gasteiger charge is 2.16. The molecule has 0 aliphatic rings. The Kier molecular flexibility index (Phi) is 6.48. The number of aryl methyl sites for hydroxylation is 1. The summed E-state index contributed by atoms with van der Waals surface area (Å²) in [5, 5.41) is 5.12. The fraction of sp³-hybridized carbons (Fsp3) is 0.222. The van der Waals surface area contributed by atoms with Gasteiger partial charge in [-0.25, -0.2) is 13.1 Å². The highest BCUT2D eigenvalue weighted by molar-refractivity contribution is 7.89. The number of sulfonamides is 1. The molecule has 3 N–H and O–H groups in total. The number of anilines is 1. The summed E-state index contributed by atoms with van der Waals surface area (Å²) in [6.07, 6.45) is 0.184. The van der Waals surface area contributed by atoms with Crippen LogP contribution in [0.1, 0.15) is 11.1 Å². The van der Waals surface area contributed by atoms with E-state index < -0.39 is 15.9 Å². The molecule has 0 saturated heterocycles. The predicted molar refractivity (Wildman–Crippen MR) is 99.2 cm³/mol. The van der Waals surface area contributed by atoms with Crippen molar-refractivity contribution in [3.63, 3.8) is 0 Å². The van der Waals surface area contributed by atoms with Gasteiger partial charge in [0, 0.05) is 5.69 Å². The second-order valence-electron chi connectivity index (χ2n) is 5.68. The third-order valence-electron chi connectivity index (χ3n) is 3.68. The van der Waals surface area contributed by atoms with Crippen molar-refractivity contribution in [2.24, 2.45) is 0 Å². The van der Waals surface area contributed by atoms with Crippen molar-refractivity contribution in [2.45, 2.75) is 18.2 Å². The smallest absolute Gasteiger partial charge is 0.243 e. The molecule has 0 aliphatic carbocycles. The summed E-state index contributed by atoms with van der Waals surface area (Å²) in [7, 11) is -2.30. The number of nitrogens with one attached hydrogen (secondary N) is 3. The molecule has 2 amide bonds. The van der Waals surface area contributed by atoms with Crippen LogP contribution in [0.5, 0.6) is 0 Å². The number of hydrogen-bond donors (Lipinski definition) is 3. The van der Waals surface area contributed by atoms with E-state index in [0.717, 1.165) is 5.56 Å². The van der Waals surface area contributed by atoms with Gasteiger partial charge in [0.2, 0.25) is 21.8 Å². The van der Waals surface area contributed by atoms with Crippen LogP contribution in [0.3, 0.4) is 0 Å². The average Bonchev–Trinajstić information content (AvgIpc) is 2.62. The summed E-state index contributed by atoms with van der Waals surface area (Å²) >= 11 is 0. The van der Waals surface area contributed by atoms with Crippen molar-refractivity contribution >= 4 is 27.5 Å². The van der Waals surface area contributed by atoms with Crippen molar-refractivity contribution in [2.75, 3.05) is 18.9 Å². The highest BCUT2D eigenvalue weighted by Crippen LogP contribution is 2.19. The van der Waals surface area contributed by atoms with Crippen molar-refractivity contribution in [3.05, 3.63) is 59.7 Å². The molecule has 0 fully saturated rings. The molecule has 0 saturated carbocycles. The Morgan fingerprint density at radius 1 is 1.00 bits per heavy atom. The minimum atomic E-state index is -3.62. The first-order valence-electron chi connectivity index (χ1n) is 7.96. The lowest BCUT2D eigenvalue weighted by molar-refractivity contribution is -0.123. The number of benzene rings is 2. The van der Waals surface area contributed by atoms with Crippen molar-refractivity contribution in [1.82, 2.24) is 10.0 Å². The fourth-order valence-corrected chi connectivity index (χ4v) is 3.30. The maximum Gasteiger partial charge on any atom is 0.243 e. The lowest BCUT2D eigenvalue weighted by Crippen LogP contribution is -2.33. The van der Waals surface area contributed by atoms with Gasteiger partial charge in [0.15, 0.2) is 0 Å². The molecule has 8 heteroatoms. The van der Waals surface area contributed by atoms with Gasteiger partial charge in [0.1, 0.15) is 0 Å². The van der Waals surface area contributed by atoms with Crippen LogP contribution in [0.4, 0.5) is 5.69 Å². The fourth-order valence-electron chi connectivity index (χ4n) is 2.31. The van der Waals surface area contributed by atoms with Crippen LogP contribution in [-0.4, -0.2) is 33.8 Å². The van der Waals surface area contributed by atoms with E-state index in [9.17, 15) is 18.0 Å². The minimum Gasteiger partial charge on any atom is -0.347 e. The van der Waals surface area contributed by atoms with E-state index in [-0.39, 0.29) is 23.8 Å². The molecule has 0 unspecified atom stereocenters. The molecular weight excluding hydrogens is 354 g/mol. The Morgan fingerprint density at radius 2 is 1.69 bits per heavy atom. The van der Waals surface area contributed by atoms with Crippen molar-refractivity contribution < 1.29 is 18.0 Å². The number of amides is 2. The van der Waals surface area contributed by atoms with Crippen molar-refractivity contribution in [1.29, 1.82) is 0 Å². The second kappa shape index (κ2) is 8.59. The predicted octanol–water partition coefficient (Wildman–Crippen LogP) is 1.20. The first-order valence-corrected chi connectivity index (χ1v) is 9.45. The van der Waals surface area contributed by atoms with E-state index in [1.54, 1.807) is 19.1 Å². The third-order valence-corrected chi connectivity index (χ3v) is 5.24. The van der Waals surface area contributed by atoms with E-state index in [4.69, 9.17) is 0 Å². The monoisotopic (exact) mass is 375 g/mol. The normalized spacial score (nSPS) is 11.0. The Morgan fingerprint density at radius 3 is 2.35 bits per heavy atom. The third kappa shape index (κ3) is 5.40. The zero-order valence-electron chi connectivity index (χ0n) is 14.6. The topological polar surface area (TPSA) is 104 Å². The van der Waals surface area contributed by atoms with E-state index in [1.807, 2.05) is 30.3 Å². The van der Waals surface area contributed by atoms with Gasteiger partial charge >= 0.3 is 0 Å². The summed E-state index contributed by atoms with van der Waals surface area (Å²) in [4.78, 5) is 23.9. The number of hydrogen-bond acceptors (Lipinski definition) is 4. The molecule has 0 atom stereocenters. The van der Waals surface area contributed by atoms with Gasteiger partial charge in [0.25, 0.3) is 0 Å². The SMILES string of the molecule is CNS(=O)(=O)c1cc(NC(=O)CNC(=O)Cc2ccccc2)ccc1C. The quantitative estimate of drug-likeness (QED) is 0.676. The van der Waals surface area contributed by atoms with Gasteiger partial charge in [-0.15, -0.1) is 0 Å². The minimum absolute atomic E-state index is 0.0888. The van der Waals surface area contributed by atoms with E-state index in [0.29, 0.717) is 11.3 Å². The molecule has 2 rings (SSSR count). The molecule has 0 aromatic heterocycles. The molecule has 2 aromatic rings. The van der Waals surface area contributed by atoms with Crippen LogP contribution in [0.15, 0.2) is 53.4 Å². The first kappa shape index (κ1) is 19.6. The maximum atomic E-state index is 12.0. The van der Waals surface area contributed by atoms with Crippen LogP contribution in [0.25, 0.3) is 0 Å². The molecule has 7 nitrogen and oxygen atoms in total. The van der Waals surface area contributed by atoms with Crippen molar-refractivity contribution in [3.8, 4) is 0 Å². The van der Waals surface area contributed by atoms with E-state index in [1.165, 1.54) is 13.1 Å². The van der Waals surface area contributed by atoms with E-state index in [2.05, 4.69) is 15.4 Å². The summed E-state index contributed by atoms with van der Waals surface area (Å²) < 4.78 is 26.2. The average molecular weight is 375 g/mol. The molecule has 2 aromatic carbocycles. The Labute approximate surface area is 152 Å². The lowest BCUT2D eigenvalue weighted by Gasteiger charge is -2.11. The lowest BCUT2D eigenvalue weighted by atomic mass is 10.1. The van der Waals surface area contributed by atoms with Gasteiger partial charge in [-0.2, -0.15) is 0 Å². The molecule has 138 valence electrons. The van der Waals surface area contributed by atoms with Crippen LogP contribution in [0.2, 0.25) is 0 Å². The molecular formula is C18H21N3O4S. The Balaban J connectivity index is 1.94. The number of rotatable bonds is 7. The van der Waals surface area contributed by atoms with Gasteiger partial charge in [-0.1, -0.05) is 36.4 Å². The van der Waals surface area contributed by atoms with Gasteiger partial charge in [-0.3, -0.25) is 9.59 Å². The molecule has 26 heavy (non-hydrogen) atoms. The standard InChI is InChI=1S/C18H21N3O4S/c1-13-8-9-15(11-16(13)26(24,25)19-2)21-18(23)12-20-17(22)10-14-6-4-3-5-7-14/h3-9,11,19H,10,12H2,1-2H3,(H,20,22)(H,21,23). The van der Waals surface area contributed by atoms with Gasteiger partial charge in [0.05, 0.1) is 17.9 Å². The summed E-state index contributed by atoms with van der Waals surface area (Å²) in [6.45, 7) is 1.47. The molecule has 0 spiro atoms. The number of carbonyl (C=O) groups is 2. The largest absolute Gasteiger partial charge is 0.347 e. The van der Waals surface area contributed by atoms with Gasteiger partial charge < -0.3 is 10.6 Å². The van der Waals surface area contributed by atoms with Gasteiger partial charge in [-0.05, 0) is 37.2 Å². The zero-order valence-corrected chi connectivity index (χ0v) is 15.4. The van der Waals surface area contributed by atoms with Crippen LogP contribution in [0, 0.1) is 6.92 Å². The molecule has 0 aliphatic heterocycles. The summed E-state index contributed by atoms with van der Waals surface area (Å²) in [5.74, 6) is -0.711. The zero-order chi connectivity index (χ0) is 19.2. The van der Waals surface area contributed by atoms with Crippen LogP contribution < -0.4 is 15.4 Å². The number of carbonyl (C=O) groups excluding carboxylic acids is 2. The second-order valence-corrected chi connectivity index (χ2v) is 7.53. The summed E-state index contributed by atoms with van der Waals surface area (Å²) in [6, 6.07) is 13.8. The Hall–Kier alpha value is -2.71. The first-order chi connectivity index (χ1) is 12.3. The molecule has 0 heterocycles. The highest BCUT2D eigenvalue weighted by atomic mass is 32.2. The Bertz CT molecular complexity index is 896. The van der Waals surface area contributed by atoms with Crippen LogP contribution >= 0.6 is 0 Å². The maximum absolute atomic E-state index is 12.0.